The van der Waals surface area contributed by atoms with Gasteiger partial charge in [0.15, 0.2) is 0 Å². The van der Waals surface area contributed by atoms with Crippen molar-refractivity contribution in [3.63, 3.8) is 0 Å². The molecule has 1 aliphatic rings. The summed E-state index contributed by atoms with van der Waals surface area (Å²) in [7, 11) is 0. The van der Waals surface area contributed by atoms with Gasteiger partial charge in [0.1, 0.15) is 4.47 Å². The third-order valence-corrected chi connectivity index (χ3v) is 3.96. The van der Waals surface area contributed by atoms with Crippen LogP contribution in [0.3, 0.4) is 0 Å². The van der Waals surface area contributed by atoms with Crippen molar-refractivity contribution in [2.24, 2.45) is 0 Å². The molecule has 0 saturated carbocycles. The van der Waals surface area contributed by atoms with Crippen LogP contribution >= 0.6 is 15.9 Å². The van der Waals surface area contributed by atoms with E-state index in [1.54, 1.807) is 11.0 Å². The van der Waals surface area contributed by atoms with Gasteiger partial charge in [-0.1, -0.05) is 17.7 Å². The Morgan fingerprint density at radius 3 is 2.79 bits per heavy atom. The molecule has 1 aromatic rings. The number of rotatable bonds is 2. The molecule has 0 fully saturated rings. The molecule has 0 unspecified atom stereocenters. The highest BCUT2D eigenvalue weighted by Gasteiger charge is 2.24. The van der Waals surface area contributed by atoms with Crippen molar-refractivity contribution in [1.29, 1.82) is 0 Å². The average molecular weight is 325 g/mol. The zero-order valence-corrected chi connectivity index (χ0v) is 12.0. The van der Waals surface area contributed by atoms with Gasteiger partial charge in [-0.3, -0.25) is 14.9 Å². The van der Waals surface area contributed by atoms with Crippen LogP contribution in [-0.2, 0) is 0 Å². The molecule has 1 amide bonds. The molecule has 0 bridgehead atoms. The minimum atomic E-state index is -0.499. The maximum atomic E-state index is 12.3. The maximum absolute atomic E-state index is 12.3. The van der Waals surface area contributed by atoms with Crippen molar-refractivity contribution < 1.29 is 9.72 Å². The lowest BCUT2D eigenvalue weighted by Gasteiger charge is -2.25. The molecule has 19 heavy (non-hydrogen) atoms. The van der Waals surface area contributed by atoms with Gasteiger partial charge in [-0.2, -0.15) is 0 Å². The summed E-state index contributed by atoms with van der Waals surface area (Å²) in [4.78, 5) is 24.4. The standard InChI is InChI=1S/C13H13BrN2O3/c1-9-5-7-15(8-6-9)13(17)10-3-2-4-11(12(10)14)16(18)19/h2-5H,6-8H2,1H3. The van der Waals surface area contributed by atoms with E-state index in [1.165, 1.54) is 17.7 Å². The Labute approximate surface area is 119 Å². The van der Waals surface area contributed by atoms with Crippen LogP contribution in [0.15, 0.2) is 34.3 Å². The zero-order valence-electron chi connectivity index (χ0n) is 10.4. The summed E-state index contributed by atoms with van der Waals surface area (Å²) < 4.78 is 0.247. The third-order valence-electron chi connectivity index (χ3n) is 3.13. The zero-order chi connectivity index (χ0) is 14.0. The Bertz CT molecular complexity index is 569. The molecular formula is C13H13BrN2O3. The SMILES string of the molecule is CC1=CCN(C(=O)c2cccc([N+](=O)[O-])c2Br)CC1. The molecule has 6 heteroatoms. The molecular weight excluding hydrogens is 312 g/mol. The molecule has 0 aromatic heterocycles. The van der Waals surface area contributed by atoms with Crippen LogP contribution in [0.2, 0.25) is 0 Å². The number of hydrogen-bond donors (Lipinski definition) is 0. The van der Waals surface area contributed by atoms with Crippen molar-refractivity contribution in [2.75, 3.05) is 13.1 Å². The van der Waals surface area contributed by atoms with Gasteiger partial charge in [-0.05, 0) is 35.3 Å². The molecule has 1 aromatic carbocycles. The van der Waals surface area contributed by atoms with Crippen molar-refractivity contribution in [3.8, 4) is 0 Å². The summed E-state index contributed by atoms with van der Waals surface area (Å²) in [5, 5.41) is 10.9. The van der Waals surface area contributed by atoms with Crippen LogP contribution < -0.4 is 0 Å². The molecule has 0 radical (unpaired) electrons. The number of carbonyl (C=O) groups excluding carboxylic acids is 1. The highest BCUT2D eigenvalue weighted by molar-refractivity contribution is 9.10. The number of benzene rings is 1. The molecule has 1 aliphatic heterocycles. The van der Waals surface area contributed by atoms with Crippen LogP contribution in [0.1, 0.15) is 23.7 Å². The Hall–Kier alpha value is -1.69. The van der Waals surface area contributed by atoms with Gasteiger partial charge in [-0.15, -0.1) is 0 Å². The molecule has 100 valence electrons. The van der Waals surface area contributed by atoms with E-state index in [9.17, 15) is 14.9 Å². The Morgan fingerprint density at radius 2 is 2.21 bits per heavy atom. The minimum absolute atomic E-state index is 0.0883. The van der Waals surface area contributed by atoms with E-state index in [0.29, 0.717) is 18.7 Å². The van der Waals surface area contributed by atoms with Gasteiger partial charge in [-0.25, -0.2) is 0 Å². The van der Waals surface area contributed by atoms with Gasteiger partial charge in [0.25, 0.3) is 11.6 Å². The van der Waals surface area contributed by atoms with Gasteiger partial charge in [0, 0.05) is 19.2 Å². The predicted molar refractivity (Wildman–Crippen MR) is 75.1 cm³/mol. The van der Waals surface area contributed by atoms with Crippen LogP contribution in [0.5, 0.6) is 0 Å². The molecule has 0 aliphatic carbocycles. The first kappa shape index (κ1) is 13.7. The van der Waals surface area contributed by atoms with E-state index < -0.39 is 4.92 Å². The number of hydrogen-bond acceptors (Lipinski definition) is 3. The normalized spacial score (nSPS) is 15.1. The number of nitro groups is 1. The van der Waals surface area contributed by atoms with Crippen LogP contribution in [-0.4, -0.2) is 28.8 Å². The Kier molecular flexibility index (Phi) is 3.99. The van der Waals surface area contributed by atoms with E-state index in [4.69, 9.17) is 0 Å². The van der Waals surface area contributed by atoms with Gasteiger partial charge in [0.05, 0.1) is 10.5 Å². The summed E-state index contributed by atoms with van der Waals surface area (Å²) in [5.41, 5.74) is 1.51. The Balaban J connectivity index is 2.30. The van der Waals surface area contributed by atoms with Crippen molar-refractivity contribution in [1.82, 2.24) is 4.90 Å². The lowest BCUT2D eigenvalue weighted by Crippen LogP contribution is -2.34. The predicted octanol–water partition coefficient (Wildman–Crippen LogP) is 3.15. The van der Waals surface area contributed by atoms with E-state index in [1.807, 2.05) is 13.0 Å². The molecule has 1 heterocycles. The average Bonchev–Trinajstić information content (AvgIpc) is 2.38. The van der Waals surface area contributed by atoms with Crippen molar-refractivity contribution in [2.45, 2.75) is 13.3 Å². The quantitative estimate of drug-likeness (QED) is 0.477. The summed E-state index contributed by atoms with van der Waals surface area (Å²) in [6.07, 6.45) is 2.85. The molecule has 0 saturated heterocycles. The van der Waals surface area contributed by atoms with Crippen molar-refractivity contribution in [3.05, 3.63) is 50.0 Å². The number of halogens is 1. The van der Waals surface area contributed by atoms with Gasteiger partial charge < -0.3 is 4.90 Å². The van der Waals surface area contributed by atoms with E-state index in [-0.39, 0.29) is 16.1 Å². The molecule has 0 atom stereocenters. The minimum Gasteiger partial charge on any atom is -0.335 e. The summed E-state index contributed by atoms with van der Waals surface area (Å²) in [5.74, 6) is -0.181. The molecule has 5 nitrogen and oxygen atoms in total. The first-order valence-electron chi connectivity index (χ1n) is 5.88. The highest BCUT2D eigenvalue weighted by atomic mass is 79.9. The molecule has 0 spiro atoms. The number of amides is 1. The van der Waals surface area contributed by atoms with Crippen molar-refractivity contribution >= 4 is 27.5 Å². The van der Waals surface area contributed by atoms with Crippen LogP contribution in [0, 0.1) is 10.1 Å². The fraction of sp³-hybridized carbons (Fsp3) is 0.308. The number of carbonyl (C=O) groups is 1. The van der Waals surface area contributed by atoms with Gasteiger partial charge >= 0.3 is 0 Å². The lowest BCUT2D eigenvalue weighted by atomic mass is 10.1. The van der Waals surface area contributed by atoms with E-state index in [0.717, 1.165) is 6.42 Å². The highest BCUT2D eigenvalue weighted by Crippen LogP contribution is 2.29. The second-order valence-electron chi connectivity index (χ2n) is 4.45. The lowest BCUT2D eigenvalue weighted by molar-refractivity contribution is -0.385. The molecule has 0 N–H and O–H groups in total. The number of nitro benzene ring substituents is 1. The fourth-order valence-electron chi connectivity index (χ4n) is 1.95. The third kappa shape index (κ3) is 2.84. The maximum Gasteiger partial charge on any atom is 0.284 e. The largest absolute Gasteiger partial charge is 0.335 e. The Morgan fingerprint density at radius 1 is 1.47 bits per heavy atom. The van der Waals surface area contributed by atoms with E-state index in [2.05, 4.69) is 15.9 Å². The smallest absolute Gasteiger partial charge is 0.284 e. The monoisotopic (exact) mass is 324 g/mol. The summed E-state index contributed by atoms with van der Waals surface area (Å²) in [6.45, 7) is 3.24. The second-order valence-corrected chi connectivity index (χ2v) is 5.24. The summed E-state index contributed by atoms with van der Waals surface area (Å²) >= 11 is 3.16. The van der Waals surface area contributed by atoms with Crippen LogP contribution in [0.4, 0.5) is 5.69 Å². The first-order valence-corrected chi connectivity index (χ1v) is 6.68. The van der Waals surface area contributed by atoms with Gasteiger partial charge in [0.2, 0.25) is 0 Å². The van der Waals surface area contributed by atoms with Crippen LogP contribution in [0.25, 0.3) is 0 Å². The number of nitrogens with zero attached hydrogens (tertiary/aromatic N) is 2. The first-order chi connectivity index (χ1) is 9.00. The second kappa shape index (κ2) is 5.52. The topological polar surface area (TPSA) is 63.5 Å². The molecule has 2 rings (SSSR count). The summed E-state index contributed by atoms with van der Waals surface area (Å²) in [6, 6.07) is 4.51. The van der Waals surface area contributed by atoms with E-state index >= 15 is 0 Å². The fourth-order valence-corrected chi connectivity index (χ4v) is 2.53.